The highest BCUT2D eigenvalue weighted by atomic mass is 79.9. The van der Waals surface area contributed by atoms with Gasteiger partial charge in [-0.25, -0.2) is 9.79 Å². The Kier molecular flexibility index (Phi) is 7.16. The van der Waals surface area contributed by atoms with Crippen molar-refractivity contribution in [2.75, 3.05) is 20.0 Å². The monoisotopic (exact) mass is 306 g/mol. The van der Waals surface area contributed by atoms with Gasteiger partial charge in [0.1, 0.15) is 5.70 Å². The SMILES string of the molecule is C=C1C=C(C(=O)OC)N(C)SC(C)=N1.CBr. The highest BCUT2D eigenvalue weighted by molar-refractivity contribution is 9.08. The first-order valence-electron chi connectivity index (χ1n) is 4.38. The average molecular weight is 307 g/mol. The maximum atomic E-state index is 11.3. The third-order valence-corrected chi connectivity index (χ3v) is 2.43. The molecule has 1 aliphatic rings. The molecule has 0 radical (unpaired) electrons. The number of esters is 1. The molecular formula is C10H15BrN2O2S. The van der Waals surface area contributed by atoms with Crippen LogP contribution in [0.5, 0.6) is 0 Å². The molecule has 0 aromatic heterocycles. The van der Waals surface area contributed by atoms with E-state index in [9.17, 15) is 4.79 Å². The van der Waals surface area contributed by atoms with E-state index in [0.29, 0.717) is 11.4 Å². The molecule has 0 N–H and O–H groups in total. The zero-order chi connectivity index (χ0) is 12.7. The third kappa shape index (κ3) is 4.40. The number of alkyl halides is 1. The number of carbonyl (C=O) groups excluding carboxylic acids is 1. The summed E-state index contributed by atoms with van der Waals surface area (Å²) >= 11 is 4.31. The average Bonchev–Trinajstić information content (AvgIpc) is 2.38. The van der Waals surface area contributed by atoms with Crippen molar-refractivity contribution in [2.24, 2.45) is 4.99 Å². The summed E-state index contributed by atoms with van der Waals surface area (Å²) in [6, 6.07) is 0. The first-order valence-corrected chi connectivity index (χ1v) is 6.74. The summed E-state index contributed by atoms with van der Waals surface area (Å²) < 4.78 is 6.36. The number of aliphatic imine (C=N–C) groups is 1. The lowest BCUT2D eigenvalue weighted by Crippen LogP contribution is -2.19. The van der Waals surface area contributed by atoms with Crippen molar-refractivity contribution in [1.82, 2.24) is 4.31 Å². The minimum Gasteiger partial charge on any atom is -0.464 e. The summed E-state index contributed by atoms with van der Waals surface area (Å²) in [6.07, 6.45) is 1.61. The maximum Gasteiger partial charge on any atom is 0.355 e. The van der Waals surface area contributed by atoms with Gasteiger partial charge >= 0.3 is 5.97 Å². The predicted molar refractivity (Wildman–Crippen MR) is 72.6 cm³/mol. The molecule has 1 rings (SSSR count). The molecule has 0 fully saturated rings. The molecule has 0 aromatic rings. The van der Waals surface area contributed by atoms with Gasteiger partial charge in [-0.3, -0.25) is 0 Å². The third-order valence-electron chi connectivity index (χ3n) is 1.61. The molecule has 0 saturated carbocycles. The fourth-order valence-corrected chi connectivity index (χ4v) is 1.82. The van der Waals surface area contributed by atoms with Crippen LogP contribution < -0.4 is 0 Å². The molecule has 6 heteroatoms. The Morgan fingerprint density at radius 2 is 2.19 bits per heavy atom. The lowest BCUT2D eigenvalue weighted by molar-refractivity contribution is -0.137. The molecule has 0 aliphatic carbocycles. The van der Waals surface area contributed by atoms with Gasteiger partial charge in [0.05, 0.1) is 17.9 Å². The van der Waals surface area contributed by atoms with E-state index in [1.54, 1.807) is 17.4 Å². The van der Waals surface area contributed by atoms with Crippen molar-refractivity contribution in [3.05, 3.63) is 24.0 Å². The number of hydrogen-bond acceptors (Lipinski definition) is 5. The van der Waals surface area contributed by atoms with Crippen molar-refractivity contribution in [2.45, 2.75) is 6.92 Å². The van der Waals surface area contributed by atoms with Gasteiger partial charge in [-0.2, -0.15) is 0 Å². The van der Waals surface area contributed by atoms with E-state index in [4.69, 9.17) is 0 Å². The summed E-state index contributed by atoms with van der Waals surface area (Å²) in [5.74, 6) is 1.43. The van der Waals surface area contributed by atoms with Crippen LogP contribution in [0.25, 0.3) is 0 Å². The molecular weight excluding hydrogens is 292 g/mol. The van der Waals surface area contributed by atoms with Crippen LogP contribution in [0.4, 0.5) is 0 Å². The Bertz CT molecular complexity index is 340. The number of allylic oxidation sites excluding steroid dienone is 1. The first kappa shape index (κ1) is 15.2. The number of hydrogen-bond donors (Lipinski definition) is 0. The van der Waals surface area contributed by atoms with Crippen molar-refractivity contribution < 1.29 is 9.53 Å². The fraction of sp³-hybridized carbons (Fsp3) is 0.400. The van der Waals surface area contributed by atoms with E-state index in [2.05, 4.69) is 32.2 Å². The fourth-order valence-electron chi connectivity index (χ4n) is 1.04. The van der Waals surface area contributed by atoms with Crippen molar-refractivity contribution in [3.63, 3.8) is 0 Å². The van der Waals surface area contributed by atoms with Crippen LogP contribution in [-0.4, -0.2) is 35.3 Å². The minimum absolute atomic E-state index is 0.383. The van der Waals surface area contributed by atoms with Crippen molar-refractivity contribution in [1.29, 1.82) is 0 Å². The smallest absolute Gasteiger partial charge is 0.355 e. The molecule has 90 valence electrons. The van der Waals surface area contributed by atoms with Crippen molar-refractivity contribution >= 4 is 38.9 Å². The summed E-state index contributed by atoms with van der Waals surface area (Å²) in [5, 5.41) is 0.840. The van der Waals surface area contributed by atoms with Gasteiger partial charge in [-0.15, -0.1) is 0 Å². The van der Waals surface area contributed by atoms with Crippen LogP contribution in [0, 0.1) is 0 Å². The lowest BCUT2D eigenvalue weighted by Gasteiger charge is -2.16. The lowest BCUT2D eigenvalue weighted by atomic mass is 10.3. The second kappa shape index (κ2) is 7.51. The number of halogens is 1. The summed E-state index contributed by atoms with van der Waals surface area (Å²) in [6.45, 7) is 5.58. The number of carbonyl (C=O) groups is 1. The zero-order valence-electron chi connectivity index (χ0n) is 9.78. The number of nitrogens with zero attached hydrogens (tertiary/aromatic N) is 2. The largest absolute Gasteiger partial charge is 0.464 e. The predicted octanol–water partition coefficient (Wildman–Crippen LogP) is 2.58. The van der Waals surface area contributed by atoms with Gasteiger partial charge in [0.25, 0.3) is 0 Å². The van der Waals surface area contributed by atoms with Gasteiger partial charge < -0.3 is 9.04 Å². The van der Waals surface area contributed by atoms with Crippen LogP contribution in [-0.2, 0) is 9.53 Å². The van der Waals surface area contributed by atoms with Crippen LogP contribution in [0.2, 0.25) is 0 Å². The molecule has 16 heavy (non-hydrogen) atoms. The zero-order valence-corrected chi connectivity index (χ0v) is 12.2. The molecule has 0 spiro atoms. The molecule has 0 atom stereocenters. The van der Waals surface area contributed by atoms with Crippen molar-refractivity contribution in [3.8, 4) is 0 Å². The minimum atomic E-state index is -0.383. The Morgan fingerprint density at radius 1 is 1.62 bits per heavy atom. The summed E-state index contributed by atoms with van der Waals surface area (Å²) in [5.41, 5.74) is 1.00. The molecule has 0 bridgehead atoms. The number of likely N-dealkylation sites (N-methyl/N-ethyl adjacent to an activating group) is 1. The second-order valence-electron chi connectivity index (χ2n) is 2.73. The Labute approximate surface area is 109 Å². The highest BCUT2D eigenvalue weighted by Gasteiger charge is 2.18. The first-order chi connectivity index (χ1) is 7.54. The van der Waals surface area contributed by atoms with Crippen LogP contribution in [0.3, 0.4) is 0 Å². The van der Waals surface area contributed by atoms with E-state index >= 15 is 0 Å². The Hall–Kier alpha value is -0.750. The summed E-state index contributed by atoms with van der Waals surface area (Å²) in [4.78, 5) is 15.5. The Balaban J connectivity index is 0.00000106. The van der Waals surface area contributed by atoms with E-state index in [0.717, 1.165) is 5.04 Å². The van der Waals surface area contributed by atoms with Gasteiger partial charge in [0.15, 0.2) is 0 Å². The van der Waals surface area contributed by atoms with Gasteiger partial charge in [0.2, 0.25) is 0 Å². The van der Waals surface area contributed by atoms with Gasteiger partial charge in [-0.05, 0) is 18.8 Å². The second-order valence-corrected chi connectivity index (χ2v) is 4.05. The molecule has 0 saturated heterocycles. The Morgan fingerprint density at radius 3 is 2.69 bits per heavy atom. The summed E-state index contributed by atoms with van der Waals surface area (Å²) in [7, 11) is 3.13. The highest BCUT2D eigenvalue weighted by Crippen LogP contribution is 2.23. The number of ether oxygens (including phenoxy) is 1. The van der Waals surface area contributed by atoms with Gasteiger partial charge in [0, 0.05) is 19.0 Å². The molecule has 0 aromatic carbocycles. The maximum absolute atomic E-state index is 11.3. The molecule has 1 aliphatic heterocycles. The van der Waals surface area contributed by atoms with E-state index < -0.39 is 0 Å². The number of methoxy groups -OCH3 is 1. The molecule has 4 nitrogen and oxygen atoms in total. The quantitative estimate of drug-likeness (QED) is 0.424. The number of rotatable bonds is 1. The van der Waals surface area contributed by atoms with Crippen LogP contribution in [0.1, 0.15) is 6.92 Å². The van der Waals surface area contributed by atoms with E-state index in [1.807, 2.05) is 12.8 Å². The molecule has 0 amide bonds. The molecule has 0 unspecified atom stereocenters. The standard InChI is InChI=1S/C9H12N2O2S.CH3Br/c1-6-5-8(9(12)13-4)11(3)14-7(2)10-6;1-2/h5H,1H2,2-4H3;1H3. The van der Waals surface area contributed by atoms with E-state index in [-0.39, 0.29) is 5.97 Å². The molecule has 1 heterocycles. The normalized spacial score (nSPS) is 15.3. The van der Waals surface area contributed by atoms with Crippen LogP contribution in [0.15, 0.2) is 29.0 Å². The van der Waals surface area contributed by atoms with E-state index in [1.165, 1.54) is 19.1 Å². The van der Waals surface area contributed by atoms with Crippen LogP contribution >= 0.6 is 27.9 Å². The topological polar surface area (TPSA) is 41.9 Å². The van der Waals surface area contributed by atoms with Gasteiger partial charge in [-0.1, -0.05) is 22.5 Å².